The molecule has 1 aliphatic rings. The van der Waals surface area contributed by atoms with Crippen molar-refractivity contribution in [1.29, 1.82) is 0 Å². The molecule has 0 saturated carbocycles. The summed E-state index contributed by atoms with van der Waals surface area (Å²) in [6.45, 7) is 5.26. The van der Waals surface area contributed by atoms with Crippen LogP contribution in [-0.2, 0) is 41.3 Å². The first-order valence-corrected chi connectivity index (χ1v) is 10.7. The van der Waals surface area contributed by atoms with Crippen molar-refractivity contribution in [2.24, 2.45) is 7.05 Å². The molecule has 164 valence electrons. The monoisotopic (exact) mass is 439 g/mol. The highest BCUT2D eigenvalue weighted by Crippen LogP contribution is 2.28. The number of ether oxygens (including phenoxy) is 1. The number of aromatic nitrogens is 3. The average Bonchev–Trinajstić information content (AvgIpc) is 3.22. The first-order valence-electron chi connectivity index (χ1n) is 9.30. The highest BCUT2D eigenvalue weighted by Gasteiger charge is 2.34. The zero-order valence-electron chi connectivity index (χ0n) is 17.2. The Kier molecular flexibility index (Phi) is 5.65. The maximum atomic E-state index is 13.3. The number of aromatic carboxylic acids is 1. The molecular weight excluding hydrogens is 414 g/mol. The number of carboxylic acid groups (broad SMARTS) is 1. The van der Waals surface area contributed by atoms with Crippen LogP contribution in [0.4, 0.5) is 4.79 Å². The number of rotatable bonds is 5. The van der Waals surface area contributed by atoms with Crippen molar-refractivity contribution in [2.75, 3.05) is 6.54 Å². The second-order valence-corrected chi connectivity index (χ2v) is 9.93. The molecule has 0 atom stereocenters. The number of hydrogen-bond donors (Lipinski definition) is 3. The van der Waals surface area contributed by atoms with Gasteiger partial charge >= 0.3 is 12.1 Å². The molecule has 12 heteroatoms. The van der Waals surface area contributed by atoms with E-state index in [4.69, 9.17) is 4.74 Å². The van der Waals surface area contributed by atoms with Crippen LogP contribution in [0.15, 0.2) is 17.2 Å². The molecule has 3 heterocycles. The number of alkyl carbamates (subject to hydrolysis) is 1. The van der Waals surface area contributed by atoms with Crippen LogP contribution in [0, 0.1) is 0 Å². The summed E-state index contributed by atoms with van der Waals surface area (Å²) in [5.41, 5.74) is 0.877. The Bertz CT molecular complexity index is 1080. The van der Waals surface area contributed by atoms with Crippen molar-refractivity contribution in [3.05, 3.63) is 34.9 Å². The summed E-state index contributed by atoms with van der Waals surface area (Å²) >= 11 is 0. The summed E-state index contributed by atoms with van der Waals surface area (Å²) in [6, 6.07) is 1.12. The highest BCUT2D eigenvalue weighted by atomic mass is 32.2. The molecular formula is C18H25N5O6S. The van der Waals surface area contributed by atoms with Gasteiger partial charge < -0.3 is 19.7 Å². The van der Waals surface area contributed by atoms with Gasteiger partial charge in [0.05, 0.1) is 18.4 Å². The lowest BCUT2D eigenvalue weighted by Gasteiger charge is -2.26. The Morgan fingerprint density at radius 2 is 2.07 bits per heavy atom. The van der Waals surface area contributed by atoms with Crippen LogP contribution in [0.1, 0.15) is 48.2 Å². The van der Waals surface area contributed by atoms with E-state index in [1.807, 2.05) is 0 Å². The lowest BCUT2D eigenvalue weighted by molar-refractivity contribution is 0.0522. The van der Waals surface area contributed by atoms with Crippen molar-refractivity contribution in [3.63, 3.8) is 0 Å². The van der Waals surface area contributed by atoms with Gasteiger partial charge in [-0.1, -0.05) is 0 Å². The molecule has 0 aliphatic carbocycles. The predicted molar refractivity (Wildman–Crippen MR) is 105 cm³/mol. The fraction of sp³-hybridized carbons (Fsp3) is 0.500. The van der Waals surface area contributed by atoms with E-state index in [1.165, 1.54) is 15.9 Å². The Morgan fingerprint density at radius 3 is 2.70 bits per heavy atom. The summed E-state index contributed by atoms with van der Waals surface area (Å²) < 4.78 is 34.4. The van der Waals surface area contributed by atoms with E-state index < -0.39 is 27.7 Å². The molecule has 1 amide bonds. The lowest BCUT2D eigenvalue weighted by atomic mass is 10.1. The van der Waals surface area contributed by atoms with Crippen LogP contribution >= 0.6 is 0 Å². The number of carboxylic acids is 1. The molecule has 0 unspecified atom stereocenters. The van der Waals surface area contributed by atoms with Gasteiger partial charge in [-0.3, -0.25) is 5.10 Å². The first-order chi connectivity index (χ1) is 13.9. The third-order valence-corrected chi connectivity index (χ3v) is 6.62. The Balaban J connectivity index is 1.92. The summed E-state index contributed by atoms with van der Waals surface area (Å²) in [6.07, 6.45) is 1.32. The summed E-state index contributed by atoms with van der Waals surface area (Å²) in [7, 11) is -2.57. The molecule has 2 aromatic heterocycles. The Morgan fingerprint density at radius 1 is 1.37 bits per heavy atom. The molecule has 2 aromatic rings. The lowest BCUT2D eigenvalue weighted by Crippen LogP contribution is -2.37. The summed E-state index contributed by atoms with van der Waals surface area (Å²) in [4.78, 5) is 23.5. The zero-order chi connectivity index (χ0) is 22.3. The number of nitrogens with zero attached hydrogens (tertiary/aromatic N) is 3. The van der Waals surface area contributed by atoms with Gasteiger partial charge in [0.1, 0.15) is 16.2 Å². The van der Waals surface area contributed by atoms with Crippen molar-refractivity contribution < 1.29 is 27.9 Å². The van der Waals surface area contributed by atoms with Crippen LogP contribution in [0.2, 0.25) is 0 Å². The van der Waals surface area contributed by atoms with E-state index in [2.05, 4.69) is 15.5 Å². The number of carbonyl (C=O) groups excluding carboxylic acids is 1. The van der Waals surface area contributed by atoms with Gasteiger partial charge in [-0.2, -0.15) is 9.40 Å². The molecule has 0 aromatic carbocycles. The van der Waals surface area contributed by atoms with E-state index >= 15 is 0 Å². The largest absolute Gasteiger partial charge is 0.477 e. The van der Waals surface area contributed by atoms with Gasteiger partial charge in [-0.05, 0) is 26.8 Å². The number of fused-ring (bicyclic) bond motifs is 1. The maximum absolute atomic E-state index is 13.3. The van der Waals surface area contributed by atoms with E-state index in [-0.39, 0.29) is 35.9 Å². The molecule has 0 spiro atoms. The van der Waals surface area contributed by atoms with Gasteiger partial charge in [0.2, 0.25) is 10.0 Å². The topological polar surface area (TPSA) is 147 Å². The Labute approximate surface area is 174 Å². The van der Waals surface area contributed by atoms with Gasteiger partial charge in [0.25, 0.3) is 0 Å². The Hall–Kier alpha value is -2.86. The van der Waals surface area contributed by atoms with Crippen LogP contribution in [0.3, 0.4) is 0 Å². The fourth-order valence-electron chi connectivity index (χ4n) is 3.26. The number of sulfonamides is 1. The quantitative estimate of drug-likeness (QED) is 0.635. The van der Waals surface area contributed by atoms with E-state index in [0.717, 1.165) is 17.3 Å². The molecule has 1 aliphatic heterocycles. The third kappa shape index (κ3) is 4.33. The average molecular weight is 439 g/mol. The van der Waals surface area contributed by atoms with Crippen LogP contribution < -0.4 is 5.32 Å². The molecule has 3 N–H and O–H groups in total. The normalized spacial score (nSPS) is 14.9. The second kappa shape index (κ2) is 7.76. The van der Waals surface area contributed by atoms with Crippen molar-refractivity contribution in [1.82, 2.24) is 24.4 Å². The number of nitrogens with one attached hydrogen (secondary N) is 2. The van der Waals surface area contributed by atoms with Gasteiger partial charge in [-0.15, -0.1) is 0 Å². The van der Waals surface area contributed by atoms with Crippen LogP contribution in [0.25, 0.3) is 0 Å². The number of H-pyrrole nitrogens is 1. The minimum absolute atomic E-state index is 0.129. The highest BCUT2D eigenvalue weighted by molar-refractivity contribution is 7.89. The van der Waals surface area contributed by atoms with Crippen LogP contribution in [-0.4, -0.2) is 56.8 Å². The molecule has 0 saturated heterocycles. The number of carbonyl (C=O) groups is 2. The number of aromatic amines is 1. The summed E-state index contributed by atoms with van der Waals surface area (Å²) in [5.74, 6) is -1.27. The minimum Gasteiger partial charge on any atom is -0.477 e. The molecule has 0 bridgehead atoms. The van der Waals surface area contributed by atoms with Crippen molar-refractivity contribution >= 4 is 22.1 Å². The van der Waals surface area contributed by atoms with E-state index in [1.54, 1.807) is 27.0 Å². The van der Waals surface area contributed by atoms with Gasteiger partial charge in [0.15, 0.2) is 0 Å². The third-order valence-electron chi connectivity index (χ3n) is 4.72. The SMILES string of the molecule is Cn1c(C(=O)O)cc(S(=O)(=O)N2CCc3[nH]ncc3C2)c1CNC(=O)OC(C)(C)C. The summed E-state index contributed by atoms with van der Waals surface area (Å²) in [5, 5.41) is 18.7. The second-order valence-electron chi connectivity index (χ2n) is 8.02. The maximum Gasteiger partial charge on any atom is 0.407 e. The molecule has 11 nitrogen and oxygen atoms in total. The zero-order valence-corrected chi connectivity index (χ0v) is 18.0. The van der Waals surface area contributed by atoms with Crippen LogP contribution in [0.5, 0.6) is 0 Å². The smallest absolute Gasteiger partial charge is 0.407 e. The first kappa shape index (κ1) is 21.8. The van der Waals surface area contributed by atoms with E-state index in [0.29, 0.717) is 6.42 Å². The van der Waals surface area contributed by atoms with E-state index in [9.17, 15) is 23.1 Å². The molecule has 3 rings (SSSR count). The van der Waals surface area contributed by atoms with Crippen molar-refractivity contribution in [3.8, 4) is 0 Å². The van der Waals surface area contributed by atoms with Gasteiger partial charge in [-0.25, -0.2) is 18.0 Å². The molecule has 0 fully saturated rings. The molecule has 30 heavy (non-hydrogen) atoms. The number of amides is 1. The number of hydrogen-bond acceptors (Lipinski definition) is 6. The minimum atomic E-state index is -4.02. The van der Waals surface area contributed by atoms with Gasteiger partial charge in [0, 0.05) is 37.8 Å². The fourth-order valence-corrected chi connectivity index (χ4v) is 4.95. The predicted octanol–water partition coefficient (Wildman–Crippen LogP) is 1.22. The standard InChI is InChI=1S/C18H25N5O6S/c1-18(2,3)29-17(26)19-9-14-15(7-13(16(24)25)22(14)4)30(27,28)23-6-5-12-11(10-23)8-20-21-12/h7-8H,5-6,9-10H2,1-4H3,(H,19,26)(H,20,21)(H,24,25). The molecule has 0 radical (unpaired) electrons. The van der Waals surface area contributed by atoms with Crippen molar-refractivity contribution in [2.45, 2.75) is 50.8 Å².